The summed E-state index contributed by atoms with van der Waals surface area (Å²) in [6.07, 6.45) is 7.82. The maximum absolute atomic E-state index is 11.6. The second-order valence-electron chi connectivity index (χ2n) is 4.72. The molecule has 0 spiro atoms. The minimum Gasteiger partial charge on any atom is -0.327 e. The Morgan fingerprint density at radius 3 is 2.74 bits per heavy atom. The predicted octanol–water partition coefficient (Wildman–Crippen LogP) is 0.481. The maximum Gasteiger partial charge on any atom is 0.295 e. The van der Waals surface area contributed by atoms with E-state index in [1.54, 1.807) is 6.21 Å². The van der Waals surface area contributed by atoms with Crippen LogP contribution < -0.4 is 10.3 Å². The SMILES string of the molecule is O=C(C[NH+]1CCCC1)N/N=C\C=C\c1ccccc1. The van der Waals surface area contributed by atoms with Crippen molar-refractivity contribution in [2.45, 2.75) is 12.8 Å². The first-order chi connectivity index (χ1) is 9.34. The third kappa shape index (κ3) is 5.06. The van der Waals surface area contributed by atoms with E-state index in [1.807, 2.05) is 42.5 Å². The Bertz CT molecular complexity index is 448. The van der Waals surface area contributed by atoms with Gasteiger partial charge in [-0.3, -0.25) is 4.79 Å². The fraction of sp³-hybridized carbons (Fsp3) is 0.333. The molecule has 0 atom stereocenters. The van der Waals surface area contributed by atoms with Gasteiger partial charge in [0.05, 0.1) is 13.1 Å². The van der Waals surface area contributed by atoms with Crippen LogP contribution in [0.1, 0.15) is 18.4 Å². The molecule has 1 aromatic carbocycles. The Labute approximate surface area is 113 Å². The molecule has 19 heavy (non-hydrogen) atoms. The van der Waals surface area contributed by atoms with Crippen LogP contribution in [0.3, 0.4) is 0 Å². The van der Waals surface area contributed by atoms with E-state index >= 15 is 0 Å². The monoisotopic (exact) mass is 258 g/mol. The van der Waals surface area contributed by atoms with Gasteiger partial charge in [0.1, 0.15) is 0 Å². The van der Waals surface area contributed by atoms with E-state index in [1.165, 1.54) is 17.7 Å². The number of nitrogens with one attached hydrogen (secondary N) is 2. The van der Waals surface area contributed by atoms with Gasteiger partial charge in [0, 0.05) is 19.1 Å². The topological polar surface area (TPSA) is 45.9 Å². The Hall–Kier alpha value is -1.94. The Balaban J connectivity index is 1.68. The first kappa shape index (κ1) is 13.5. The van der Waals surface area contributed by atoms with Gasteiger partial charge < -0.3 is 4.90 Å². The summed E-state index contributed by atoms with van der Waals surface area (Å²) >= 11 is 0. The Morgan fingerprint density at radius 1 is 1.26 bits per heavy atom. The highest BCUT2D eigenvalue weighted by Crippen LogP contribution is 1.99. The van der Waals surface area contributed by atoms with Crippen LogP contribution in [-0.4, -0.2) is 31.8 Å². The summed E-state index contributed by atoms with van der Waals surface area (Å²) in [7, 11) is 0. The highest BCUT2D eigenvalue weighted by atomic mass is 16.2. The van der Waals surface area contributed by atoms with E-state index in [-0.39, 0.29) is 5.91 Å². The number of hydrogen-bond donors (Lipinski definition) is 2. The van der Waals surface area contributed by atoms with Crippen LogP contribution in [0.25, 0.3) is 6.08 Å². The minimum atomic E-state index is -0.0127. The van der Waals surface area contributed by atoms with Gasteiger partial charge in [-0.25, -0.2) is 5.43 Å². The van der Waals surface area contributed by atoms with Crippen molar-refractivity contribution in [3.8, 4) is 0 Å². The number of hydrazone groups is 1. The third-order valence-electron chi connectivity index (χ3n) is 3.16. The molecule has 2 rings (SSSR count). The molecule has 0 aliphatic carbocycles. The maximum atomic E-state index is 11.6. The molecule has 0 radical (unpaired) electrons. The fourth-order valence-corrected chi connectivity index (χ4v) is 2.19. The number of carbonyl (C=O) groups is 1. The average molecular weight is 258 g/mol. The summed E-state index contributed by atoms with van der Waals surface area (Å²) in [5, 5.41) is 3.90. The largest absolute Gasteiger partial charge is 0.327 e. The van der Waals surface area contributed by atoms with Gasteiger partial charge in [-0.1, -0.05) is 36.4 Å². The quantitative estimate of drug-likeness (QED) is 0.586. The Kier molecular flexibility index (Phi) is 5.31. The number of allylic oxidation sites excluding steroid dienone is 1. The number of quaternary nitrogens is 1. The average Bonchev–Trinajstić information content (AvgIpc) is 2.92. The summed E-state index contributed by atoms with van der Waals surface area (Å²) < 4.78 is 0. The molecule has 1 amide bonds. The smallest absolute Gasteiger partial charge is 0.295 e. The van der Waals surface area contributed by atoms with Crippen LogP contribution in [0.4, 0.5) is 0 Å². The van der Waals surface area contributed by atoms with E-state index in [4.69, 9.17) is 0 Å². The van der Waals surface area contributed by atoms with E-state index in [9.17, 15) is 4.79 Å². The molecule has 1 fully saturated rings. The third-order valence-corrected chi connectivity index (χ3v) is 3.16. The molecule has 100 valence electrons. The predicted molar refractivity (Wildman–Crippen MR) is 76.9 cm³/mol. The zero-order valence-corrected chi connectivity index (χ0v) is 11.0. The summed E-state index contributed by atoms with van der Waals surface area (Å²) in [5.74, 6) is -0.0127. The zero-order valence-electron chi connectivity index (χ0n) is 11.0. The van der Waals surface area contributed by atoms with Crippen LogP contribution in [0.15, 0.2) is 41.5 Å². The molecule has 1 aliphatic rings. The summed E-state index contributed by atoms with van der Waals surface area (Å²) in [6, 6.07) is 9.97. The number of hydrogen-bond acceptors (Lipinski definition) is 2. The van der Waals surface area contributed by atoms with Crippen LogP contribution in [0.5, 0.6) is 0 Å². The first-order valence-electron chi connectivity index (χ1n) is 6.72. The van der Waals surface area contributed by atoms with Crippen molar-refractivity contribution in [1.29, 1.82) is 0 Å². The zero-order chi connectivity index (χ0) is 13.3. The van der Waals surface area contributed by atoms with Gasteiger partial charge in [0.2, 0.25) is 0 Å². The second kappa shape index (κ2) is 7.48. The molecular weight excluding hydrogens is 238 g/mol. The summed E-state index contributed by atoms with van der Waals surface area (Å²) in [6.45, 7) is 2.73. The van der Waals surface area contributed by atoms with Crippen LogP contribution >= 0.6 is 0 Å². The molecule has 4 nitrogen and oxygen atoms in total. The van der Waals surface area contributed by atoms with Gasteiger partial charge in [0.25, 0.3) is 5.91 Å². The van der Waals surface area contributed by atoms with Crippen LogP contribution in [0.2, 0.25) is 0 Å². The van der Waals surface area contributed by atoms with E-state index in [0.717, 1.165) is 18.7 Å². The van der Waals surface area contributed by atoms with Crippen molar-refractivity contribution in [2.75, 3.05) is 19.6 Å². The van der Waals surface area contributed by atoms with Crippen molar-refractivity contribution in [2.24, 2.45) is 5.10 Å². The number of benzene rings is 1. The minimum absolute atomic E-state index is 0.0127. The summed E-state index contributed by atoms with van der Waals surface area (Å²) in [4.78, 5) is 12.9. The lowest BCUT2D eigenvalue weighted by atomic mass is 10.2. The number of rotatable bonds is 5. The molecular formula is C15H20N3O+. The molecule has 1 aliphatic heterocycles. The molecule has 0 saturated carbocycles. The van der Waals surface area contributed by atoms with Gasteiger partial charge >= 0.3 is 0 Å². The highest BCUT2D eigenvalue weighted by molar-refractivity contribution is 5.81. The molecule has 1 saturated heterocycles. The number of amides is 1. The van der Waals surface area contributed by atoms with Crippen LogP contribution in [-0.2, 0) is 4.79 Å². The molecule has 4 heteroatoms. The lowest BCUT2D eigenvalue weighted by molar-refractivity contribution is -0.879. The molecule has 1 heterocycles. The number of carbonyl (C=O) groups excluding carboxylic acids is 1. The molecule has 1 aromatic rings. The lowest BCUT2D eigenvalue weighted by Gasteiger charge is -2.09. The highest BCUT2D eigenvalue weighted by Gasteiger charge is 2.18. The normalized spacial score (nSPS) is 16.4. The molecule has 0 unspecified atom stereocenters. The van der Waals surface area contributed by atoms with Gasteiger partial charge in [-0.05, 0) is 11.6 Å². The van der Waals surface area contributed by atoms with Crippen molar-refractivity contribution < 1.29 is 9.69 Å². The second-order valence-corrected chi connectivity index (χ2v) is 4.72. The van der Waals surface area contributed by atoms with Crippen molar-refractivity contribution in [3.05, 3.63) is 42.0 Å². The summed E-state index contributed by atoms with van der Waals surface area (Å²) in [5.41, 5.74) is 3.67. The van der Waals surface area contributed by atoms with Crippen molar-refractivity contribution in [3.63, 3.8) is 0 Å². The van der Waals surface area contributed by atoms with Crippen molar-refractivity contribution in [1.82, 2.24) is 5.43 Å². The molecule has 2 N–H and O–H groups in total. The van der Waals surface area contributed by atoms with Gasteiger partial charge in [-0.15, -0.1) is 0 Å². The number of likely N-dealkylation sites (tertiary alicyclic amines) is 1. The lowest BCUT2D eigenvalue weighted by Crippen LogP contribution is -3.11. The standard InChI is InChI=1S/C15H19N3O/c19-15(13-18-11-4-5-12-18)17-16-10-6-9-14-7-2-1-3-8-14/h1-3,6-10H,4-5,11-13H2,(H,17,19)/p+1/b9-6+,16-10-. The van der Waals surface area contributed by atoms with Crippen LogP contribution in [0, 0.1) is 0 Å². The fourth-order valence-electron chi connectivity index (χ4n) is 2.19. The van der Waals surface area contributed by atoms with Gasteiger partial charge in [0.15, 0.2) is 6.54 Å². The van der Waals surface area contributed by atoms with E-state index < -0.39 is 0 Å². The van der Waals surface area contributed by atoms with Crippen molar-refractivity contribution >= 4 is 18.2 Å². The molecule has 0 aromatic heterocycles. The van der Waals surface area contributed by atoms with Gasteiger partial charge in [-0.2, -0.15) is 5.10 Å². The first-order valence-corrected chi connectivity index (χ1v) is 6.72. The number of nitrogens with zero attached hydrogens (tertiary/aromatic N) is 1. The Morgan fingerprint density at radius 2 is 2.00 bits per heavy atom. The molecule has 0 bridgehead atoms. The van der Waals surface area contributed by atoms with E-state index in [2.05, 4.69) is 10.5 Å². The van der Waals surface area contributed by atoms with E-state index in [0.29, 0.717) is 6.54 Å².